The Hall–Kier alpha value is -11.1. The van der Waals surface area contributed by atoms with Crippen LogP contribution in [0.5, 0.6) is 0 Å². The van der Waals surface area contributed by atoms with Crippen LogP contribution in [0.2, 0.25) is 0 Å². The van der Waals surface area contributed by atoms with Gasteiger partial charge in [-0.05, 0) is 291 Å². The lowest BCUT2D eigenvalue weighted by atomic mass is 9.97. The molecule has 15 rings (SSSR count). The zero-order valence-electron chi connectivity index (χ0n) is 76.8. The molecule has 0 atom stereocenters. The molecule has 0 amide bonds. The van der Waals surface area contributed by atoms with Crippen molar-refractivity contribution in [2.45, 2.75) is 204 Å². The molecule has 0 N–H and O–H groups in total. The van der Waals surface area contributed by atoms with Gasteiger partial charge >= 0.3 is 0 Å². The van der Waals surface area contributed by atoms with Crippen molar-refractivity contribution in [1.82, 2.24) is 24.9 Å². The highest BCUT2D eigenvalue weighted by atomic mass is 15.0. The zero-order chi connectivity index (χ0) is 85.7. The molecule has 0 saturated heterocycles. The van der Waals surface area contributed by atoms with Crippen LogP contribution >= 0.6 is 0 Å². The van der Waals surface area contributed by atoms with E-state index in [-0.39, 0.29) is 0 Å². The molecular formula is C108H131N10+5. The summed E-state index contributed by atoms with van der Waals surface area (Å²) in [6.45, 7) is 55.1. The van der Waals surface area contributed by atoms with E-state index in [9.17, 15) is 0 Å². The summed E-state index contributed by atoms with van der Waals surface area (Å²) in [4.78, 5) is 23.6. The number of para-hydroxylation sites is 1. The first-order valence-corrected chi connectivity index (χ1v) is 42.7. The third kappa shape index (κ3) is 19.7. The molecule has 7 heterocycles. The van der Waals surface area contributed by atoms with Crippen molar-refractivity contribution in [3.8, 4) is 56.3 Å². The number of hydrogen-bond donors (Lipinski definition) is 0. The van der Waals surface area contributed by atoms with Gasteiger partial charge in [0.2, 0.25) is 56.1 Å². The predicted octanol–water partition coefficient (Wildman–Crippen LogP) is 24.1. The first-order valence-electron chi connectivity index (χ1n) is 42.7. The lowest BCUT2D eigenvalue weighted by Gasteiger charge is -2.11. The van der Waals surface area contributed by atoms with Crippen LogP contribution in [0, 0.1) is 122 Å². The molecule has 0 unspecified atom stereocenters. The molecule has 10 nitrogen and oxygen atoms in total. The number of nitrogens with zero attached hydrogens (tertiary/aromatic N) is 10. The number of aromatic nitrogens is 10. The van der Waals surface area contributed by atoms with E-state index in [1.54, 1.807) is 0 Å². The highest BCUT2D eigenvalue weighted by Crippen LogP contribution is 2.34. The molecular weight excluding hydrogens is 1440 g/mol. The standard InChI is InChI=1S/3C22H27N2.2C21H25N2/c1-14(2)9-18-12-22-20(23-13-18)7-8-21(24(22)6)19-11-15(3)10-16(4)17(19)5;1-14(2)9-18-7-8-20-21(12-18)24(6)22(13-23-20)19-11-15(3)10-16(4)17(19)5;1-14(2)10-18-8-7-9-20-22(18)23-13-21(24(20)6)19-12-15(3)11-16(4)17(19)5;1-13(2)17-11-21-19(22-12-17)7-8-20(23(21)6)18-10-14(3)9-15(4)16(18)5;1-13(2)17-7-8-19-20(11-17)23(6)21(12-22-19)18-10-14(3)9-15(4)16(18)5/h2*7-8,10-14H,9H2,1-6H3;7-9,11-14H,10H2,1-6H3;2*7-13H,1-6H3/q5*+1. The van der Waals surface area contributed by atoms with Crippen molar-refractivity contribution >= 4 is 55.2 Å². The fraction of sp³-hybridized carbons (Fsp3) is 0.352. The first-order chi connectivity index (χ1) is 55.9. The number of hydrogen-bond acceptors (Lipinski definition) is 5. The Kier molecular flexibility index (Phi) is 27.7. The van der Waals surface area contributed by atoms with Crippen molar-refractivity contribution < 1.29 is 22.8 Å². The molecule has 608 valence electrons. The molecule has 0 fully saturated rings. The minimum atomic E-state index is 0.485. The van der Waals surface area contributed by atoms with Crippen LogP contribution in [0.25, 0.3) is 111 Å². The summed E-state index contributed by atoms with van der Waals surface area (Å²) in [6, 6.07) is 55.6. The zero-order valence-corrected chi connectivity index (χ0v) is 76.8. The summed E-state index contributed by atoms with van der Waals surface area (Å²) >= 11 is 0. The molecule has 7 aromatic heterocycles. The Morgan fingerprint density at radius 1 is 0.254 bits per heavy atom. The quantitative estimate of drug-likeness (QED) is 0.107. The monoisotopic (exact) mass is 1570 g/mol. The molecule has 118 heavy (non-hydrogen) atoms. The fourth-order valence-corrected chi connectivity index (χ4v) is 16.8. The summed E-state index contributed by atoms with van der Waals surface area (Å²) < 4.78 is 11.4. The molecule has 0 aliphatic carbocycles. The lowest BCUT2D eigenvalue weighted by Crippen LogP contribution is -2.33. The topological polar surface area (TPSA) is 83.8 Å². The van der Waals surface area contributed by atoms with E-state index in [4.69, 9.17) is 15.0 Å². The highest BCUT2D eigenvalue weighted by Gasteiger charge is 2.26. The maximum atomic E-state index is 4.85. The van der Waals surface area contributed by atoms with E-state index in [0.29, 0.717) is 29.6 Å². The third-order valence-electron chi connectivity index (χ3n) is 24.1. The maximum absolute atomic E-state index is 4.85. The van der Waals surface area contributed by atoms with Crippen LogP contribution in [-0.2, 0) is 54.5 Å². The Bertz CT molecular complexity index is 5870. The van der Waals surface area contributed by atoms with E-state index in [2.05, 4.69) is 393 Å². The number of rotatable bonds is 13. The summed E-state index contributed by atoms with van der Waals surface area (Å²) in [5.41, 5.74) is 50.2. The van der Waals surface area contributed by atoms with Gasteiger partial charge in [0.15, 0.2) is 0 Å². The van der Waals surface area contributed by atoms with Crippen molar-refractivity contribution in [2.75, 3.05) is 0 Å². The Labute approximate surface area is 705 Å². The van der Waals surface area contributed by atoms with Gasteiger partial charge in [0, 0.05) is 66.0 Å². The van der Waals surface area contributed by atoms with E-state index in [1.165, 1.54) is 195 Å². The Balaban J connectivity index is 0.000000145. The second-order valence-electron chi connectivity index (χ2n) is 35.8. The average molecular weight is 1570 g/mol. The highest BCUT2D eigenvalue weighted by molar-refractivity contribution is 5.80. The van der Waals surface area contributed by atoms with E-state index in [1.807, 2.05) is 31.0 Å². The largest absolute Gasteiger partial charge is 0.250 e. The molecule has 0 bridgehead atoms. The first kappa shape index (κ1) is 87.7. The number of aryl methyl sites for hydroxylation is 15. The SMILES string of the molecule is Cc1cc(C)c(C)c(-c2ccc3ncc(C(C)C)cc3[n+]2C)c1.Cc1cc(C)c(C)c(-c2ccc3ncc(CC(C)C)cc3[n+]2C)c1.Cc1cc(C)c(C)c(-c2cnc3c(CC(C)C)cccc3[n+]2C)c1.Cc1cc(C)c(C)c(-c2cnc3ccc(C(C)C)cc3[n+]2C)c1.Cc1cc(C)c(C)c(-c2cnc3ccc(CC(C)C)cc3[n+]2C)c1. The molecule has 15 aromatic rings. The molecule has 0 spiro atoms. The molecule has 0 aliphatic heterocycles. The summed E-state index contributed by atoms with van der Waals surface area (Å²) in [5.74, 6) is 2.93. The normalized spacial score (nSPS) is 11.4. The van der Waals surface area contributed by atoms with Gasteiger partial charge in [0.05, 0.1) is 16.7 Å². The second kappa shape index (κ2) is 37.2. The van der Waals surface area contributed by atoms with Gasteiger partial charge in [-0.15, -0.1) is 0 Å². The van der Waals surface area contributed by atoms with Crippen LogP contribution in [0.4, 0.5) is 0 Å². The van der Waals surface area contributed by atoms with Crippen LogP contribution in [-0.4, -0.2) is 24.9 Å². The van der Waals surface area contributed by atoms with E-state index >= 15 is 0 Å². The maximum Gasteiger partial charge on any atom is 0.231 e. The average Bonchev–Trinajstić information content (AvgIpc) is 0.795. The Morgan fingerprint density at radius 2 is 0.559 bits per heavy atom. The number of benzene rings is 8. The van der Waals surface area contributed by atoms with Gasteiger partial charge in [0.1, 0.15) is 81.4 Å². The number of pyridine rings is 4. The van der Waals surface area contributed by atoms with Crippen molar-refractivity contribution in [1.29, 1.82) is 0 Å². The smallest absolute Gasteiger partial charge is 0.231 e. The number of fused-ring (bicyclic) bond motifs is 5. The molecule has 0 saturated carbocycles. The van der Waals surface area contributed by atoms with Gasteiger partial charge in [0.25, 0.3) is 0 Å². The third-order valence-corrected chi connectivity index (χ3v) is 24.1. The second-order valence-corrected chi connectivity index (χ2v) is 35.8. The summed E-state index contributed by atoms with van der Waals surface area (Å²) in [7, 11) is 10.7. The van der Waals surface area contributed by atoms with Gasteiger partial charge in [-0.25, -0.2) is 24.9 Å². The van der Waals surface area contributed by atoms with Gasteiger partial charge < -0.3 is 0 Å². The van der Waals surface area contributed by atoms with E-state index in [0.717, 1.165) is 46.8 Å². The van der Waals surface area contributed by atoms with Crippen LogP contribution in [0.3, 0.4) is 0 Å². The van der Waals surface area contributed by atoms with Gasteiger partial charge in [-0.3, -0.25) is 0 Å². The minimum absolute atomic E-state index is 0.485. The van der Waals surface area contributed by atoms with Crippen molar-refractivity contribution in [3.05, 3.63) is 294 Å². The molecule has 10 heteroatoms. The van der Waals surface area contributed by atoms with Crippen molar-refractivity contribution in [3.63, 3.8) is 0 Å². The summed E-state index contributed by atoms with van der Waals surface area (Å²) in [5, 5.41) is 0. The molecule has 0 aliphatic rings. The van der Waals surface area contributed by atoms with Crippen molar-refractivity contribution in [2.24, 2.45) is 53.0 Å². The molecule has 8 aromatic carbocycles. The van der Waals surface area contributed by atoms with Crippen LogP contribution in [0.15, 0.2) is 183 Å². The molecule has 0 radical (unpaired) electrons. The van der Waals surface area contributed by atoms with E-state index < -0.39 is 0 Å². The van der Waals surface area contributed by atoms with Crippen LogP contribution in [0.1, 0.15) is 192 Å². The van der Waals surface area contributed by atoms with Gasteiger partial charge in [-0.1, -0.05) is 152 Å². The minimum Gasteiger partial charge on any atom is -0.250 e. The fourth-order valence-electron chi connectivity index (χ4n) is 16.8. The van der Waals surface area contributed by atoms with Gasteiger partial charge in [-0.2, -0.15) is 22.8 Å². The lowest BCUT2D eigenvalue weighted by molar-refractivity contribution is -0.634. The Morgan fingerprint density at radius 3 is 0.949 bits per heavy atom. The summed E-state index contributed by atoms with van der Waals surface area (Å²) in [6.07, 6.45) is 13.3. The predicted molar refractivity (Wildman–Crippen MR) is 497 cm³/mol. The van der Waals surface area contributed by atoms with Crippen LogP contribution < -0.4 is 22.8 Å².